The minimum absolute atomic E-state index is 0.0216. The molecule has 0 aromatic heterocycles. The van der Waals surface area contributed by atoms with Crippen molar-refractivity contribution < 1.29 is 23.5 Å². The molecule has 1 heterocycles. The Morgan fingerprint density at radius 1 is 0.579 bits per heavy atom. The molecular weight excluding hydrogens is 723 g/mol. The summed E-state index contributed by atoms with van der Waals surface area (Å²) in [4.78, 5) is 31.0. The highest BCUT2D eigenvalue weighted by Crippen LogP contribution is 2.49. The summed E-state index contributed by atoms with van der Waals surface area (Å²) in [5.74, 6) is -0.135. The molecule has 0 aromatic rings. The Morgan fingerprint density at radius 2 is 0.930 bits per heavy atom. The van der Waals surface area contributed by atoms with Crippen LogP contribution in [0.3, 0.4) is 0 Å². The maximum absolute atomic E-state index is 14.2. The molecule has 1 aliphatic heterocycles. The number of esters is 2. The van der Waals surface area contributed by atoms with E-state index in [1.165, 1.54) is 103 Å². The molecule has 6 nitrogen and oxygen atoms in total. The second-order valence-corrected chi connectivity index (χ2v) is 25.2. The van der Waals surface area contributed by atoms with Crippen LogP contribution < -0.4 is 0 Å². The van der Waals surface area contributed by atoms with Crippen molar-refractivity contribution >= 4 is 20.3 Å². The predicted molar refractivity (Wildman–Crippen MR) is 245 cm³/mol. The van der Waals surface area contributed by atoms with Gasteiger partial charge in [0.15, 0.2) is 8.32 Å². The van der Waals surface area contributed by atoms with Crippen molar-refractivity contribution in [3.05, 3.63) is 0 Å². The standard InChI is InChI=1S/C50H97NO5Si/c1-10-14-18-22-26-31-43(32-27-23-19-15-11-2)47(52)55-45-41-50(35-38-51(39-36-50)37-30-40-54-57(8,9)49(5,6)7)42-46(45)56-48(53)44(33-28-24-20-16-12-3)34-29-25-21-17-13-4/h43-46H,10-42H2,1-9H3/t45-,46-/m1/s1. The van der Waals surface area contributed by atoms with Crippen LogP contribution in [-0.2, 0) is 23.5 Å². The van der Waals surface area contributed by atoms with Crippen LogP contribution in [0.4, 0.5) is 0 Å². The van der Waals surface area contributed by atoms with Crippen molar-refractivity contribution in [1.82, 2.24) is 4.90 Å². The van der Waals surface area contributed by atoms with Crippen LogP contribution in [0.5, 0.6) is 0 Å². The van der Waals surface area contributed by atoms with Gasteiger partial charge in [-0.3, -0.25) is 9.59 Å². The van der Waals surface area contributed by atoms with Gasteiger partial charge in [0.1, 0.15) is 12.2 Å². The first-order valence-electron chi connectivity index (χ1n) is 25.1. The molecule has 0 unspecified atom stereocenters. The molecule has 2 fully saturated rings. The zero-order valence-electron chi connectivity index (χ0n) is 39.6. The lowest BCUT2D eigenvalue weighted by atomic mass is 9.77. The fraction of sp³-hybridized carbons (Fsp3) is 0.960. The Hall–Kier alpha value is -0.923. The van der Waals surface area contributed by atoms with Crippen molar-refractivity contribution in [1.29, 1.82) is 0 Å². The molecule has 336 valence electrons. The van der Waals surface area contributed by atoms with E-state index in [0.29, 0.717) is 0 Å². The quantitative estimate of drug-likeness (QED) is 0.0373. The molecule has 1 spiro atoms. The van der Waals surface area contributed by atoms with Gasteiger partial charge in [-0.1, -0.05) is 177 Å². The van der Waals surface area contributed by atoms with Crippen molar-refractivity contribution in [3.63, 3.8) is 0 Å². The van der Waals surface area contributed by atoms with E-state index in [1.807, 2.05) is 0 Å². The molecule has 2 rings (SSSR count). The second kappa shape index (κ2) is 29.4. The summed E-state index contributed by atoms with van der Waals surface area (Å²) < 4.78 is 19.7. The molecule has 1 saturated carbocycles. The summed E-state index contributed by atoms with van der Waals surface area (Å²) in [5.41, 5.74) is 0.0651. The Bertz CT molecular complexity index is 950. The van der Waals surface area contributed by atoms with Crippen LogP contribution in [0.1, 0.15) is 235 Å². The van der Waals surface area contributed by atoms with Gasteiger partial charge in [-0.2, -0.15) is 0 Å². The number of carbonyl (C=O) groups is 2. The Morgan fingerprint density at radius 3 is 1.26 bits per heavy atom. The summed E-state index contributed by atoms with van der Waals surface area (Å²) >= 11 is 0. The molecule has 1 aliphatic carbocycles. The van der Waals surface area contributed by atoms with Gasteiger partial charge in [0.2, 0.25) is 0 Å². The first-order chi connectivity index (χ1) is 27.3. The van der Waals surface area contributed by atoms with E-state index in [4.69, 9.17) is 13.9 Å². The molecule has 7 heteroatoms. The van der Waals surface area contributed by atoms with E-state index in [0.717, 1.165) is 110 Å². The number of nitrogens with zero attached hydrogens (tertiary/aromatic N) is 1. The van der Waals surface area contributed by atoms with Crippen molar-refractivity contribution in [2.75, 3.05) is 26.2 Å². The Kier molecular flexibility index (Phi) is 26.9. The lowest BCUT2D eigenvalue weighted by Gasteiger charge is -2.40. The number of carbonyl (C=O) groups excluding carboxylic acids is 2. The summed E-state index contributed by atoms with van der Waals surface area (Å²) in [7, 11) is -1.73. The third kappa shape index (κ3) is 20.9. The molecule has 2 atom stereocenters. The Labute approximate surface area is 356 Å². The van der Waals surface area contributed by atoms with Gasteiger partial charge in [0.05, 0.1) is 11.8 Å². The van der Waals surface area contributed by atoms with E-state index in [-0.39, 0.29) is 46.4 Å². The maximum atomic E-state index is 14.2. The lowest BCUT2D eigenvalue weighted by Crippen LogP contribution is -2.42. The van der Waals surface area contributed by atoms with Gasteiger partial charge in [-0.05, 0) is 94.4 Å². The smallest absolute Gasteiger partial charge is 0.309 e. The van der Waals surface area contributed by atoms with Crippen molar-refractivity contribution in [3.8, 4) is 0 Å². The number of hydrogen-bond donors (Lipinski definition) is 0. The second-order valence-electron chi connectivity index (χ2n) is 20.4. The summed E-state index contributed by atoms with van der Waals surface area (Å²) in [5, 5.41) is 0.236. The van der Waals surface area contributed by atoms with E-state index < -0.39 is 8.32 Å². The van der Waals surface area contributed by atoms with E-state index in [2.05, 4.69) is 66.5 Å². The van der Waals surface area contributed by atoms with Gasteiger partial charge >= 0.3 is 11.9 Å². The zero-order valence-corrected chi connectivity index (χ0v) is 40.6. The number of likely N-dealkylation sites (tertiary alicyclic amines) is 1. The van der Waals surface area contributed by atoms with Crippen molar-refractivity contribution in [2.45, 2.75) is 265 Å². The highest BCUT2D eigenvalue weighted by Gasteiger charge is 2.50. The van der Waals surface area contributed by atoms with Gasteiger partial charge < -0.3 is 18.8 Å². The highest BCUT2D eigenvalue weighted by molar-refractivity contribution is 6.74. The lowest BCUT2D eigenvalue weighted by molar-refractivity contribution is -0.171. The first kappa shape index (κ1) is 52.2. The van der Waals surface area contributed by atoms with E-state index in [9.17, 15) is 9.59 Å². The third-order valence-electron chi connectivity index (χ3n) is 14.3. The van der Waals surface area contributed by atoms with Gasteiger partial charge in [-0.15, -0.1) is 0 Å². The molecule has 0 N–H and O–H groups in total. The largest absolute Gasteiger partial charge is 0.458 e. The minimum atomic E-state index is -1.73. The maximum Gasteiger partial charge on any atom is 0.309 e. The molecule has 0 aromatic carbocycles. The van der Waals surface area contributed by atoms with Crippen LogP contribution in [0.2, 0.25) is 18.1 Å². The monoisotopic (exact) mass is 820 g/mol. The van der Waals surface area contributed by atoms with Crippen LogP contribution in [0.25, 0.3) is 0 Å². The van der Waals surface area contributed by atoms with E-state index in [1.54, 1.807) is 0 Å². The van der Waals surface area contributed by atoms with Crippen LogP contribution in [-0.4, -0.2) is 63.6 Å². The number of ether oxygens (including phenoxy) is 2. The molecule has 0 amide bonds. The average molecular weight is 820 g/mol. The van der Waals surface area contributed by atoms with Crippen LogP contribution in [0.15, 0.2) is 0 Å². The fourth-order valence-electron chi connectivity index (χ4n) is 9.15. The zero-order chi connectivity index (χ0) is 42.0. The normalized spacial score (nSPS) is 18.9. The summed E-state index contributed by atoms with van der Waals surface area (Å²) in [6.07, 6.45) is 32.0. The molecule has 0 bridgehead atoms. The third-order valence-corrected chi connectivity index (χ3v) is 18.9. The molecule has 57 heavy (non-hydrogen) atoms. The predicted octanol–water partition coefficient (Wildman–Crippen LogP) is 14.8. The number of hydrogen-bond acceptors (Lipinski definition) is 6. The first-order valence-corrected chi connectivity index (χ1v) is 28.0. The minimum Gasteiger partial charge on any atom is -0.458 e. The van der Waals surface area contributed by atoms with Gasteiger partial charge in [0, 0.05) is 13.2 Å². The SMILES string of the molecule is CCCCCCCC(CCCCCCC)C(=O)O[C@@H]1CC2(CCN(CCCO[Si](C)(C)C(C)(C)C)CC2)C[C@H]1OC(=O)C(CCCCCCC)CCCCCCC. The fourth-order valence-corrected chi connectivity index (χ4v) is 10.2. The summed E-state index contributed by atoms with van der Waals surface area (Å²) in [6, 6.07) is 0. The van der Waals surface area contributed by atoms with Crippen LogP contribution >= 0.6 is 0 Å². The van der Waals surface area contributed by atoms with Crippen LogP contribution in [0, 0.1) is 17.3 Å². The highest BCUT2D eigenvalue weighted by atomic mass is 28.4. The molecule has 1 saturated heterocycles. The van der Waals surface area contributed by atoms with Crippen molar-refractivity contribution in [2.24, 2.45) is 17.3 Å². The molecular formula is C50H97NO5Si. The topological polar surface area (TPSA) is 65.1 Å². The average Bonchev–Trinajstić information content (AvgIpc) is 3.49. The number of unbranched alkanes of at least 4 members (excludes halogenated alkanes) is 16. The van der Waals surface area contributed by atoms with Gasteiger partial charge in [0.25, 0.3) is 0 Å². The van der Waals surface area contributed by atoms with E-state index >= 15 is 0 Å². The Balaban J connectivity index is 2.17. The number of rotatable bonds is 33. The molecule has 2 aliphatic rings. The van der Waals surface area contributed by atoms with Gasteiger partial charge in [-0.25, -0.2) is 0 Å². The molecule has 0 radical (unpaired) electrons. The summed E-state index contributed by atoms with van der Waals surface area (Å²) in [6.45, 7) is 24.7. The number of piperidine rings is 1.